The average Bonchev–Trinajstić information content (AvgIpc) is 3.12. The number of guanidine groups is 1. The molecule has 1 aromatic heterocycles. The maximum absolute atomic E-state index is 4.39. The Balaban J connectivity index is 1.69. The van der Waals surface area contributed by atoms with Crippen molar-refractivity contribution >= 4 is 17.3 Å². The minimum atomic E-state index is 0.518. The molecule has 0 aliphatic carbocycles. The highest BCUT2D eigenvalue weighted by Gasteiger charge is 2.19. The first kappa shape index (κ1) is 18.3. The van der Waals surface area contributed by atoms with Gasteiger partial charge in [0.25, 0.3) is 0 Å². The molecule has 130 valence electrons. The zero-order valence-electron chi connectivity index (χ0n) is 14.8. The molecule has 2 N–H and O–H groups in total. The van der Waals surface area contributed by atoms with Gasteiger partial charge in [-0.3, -0.25) is 4.99 Å². The molecule has 23 heavy (non-hydrogen) atoms. The van der Waals surface area contributed by atoms with E-state index in [0.29, 0.717) is 12.0 Å². The van der Waals surface area contributed by atoms with Gasteiger partial charge in [-0.25, -0.2) is 0 Å². The summed E-state index contributed by atoms with van der Waals surface area (Å²) in [6.45, 7) is 9.13. The van der Waals surface area contributed by atoms with Crippen LogP contribution >= 0.6 is 11.3 Å². The Morgan fingerprint density at radius 1 is 1.43 bits per heavy atom. The molecule has 1 aliphatic rings. The van der Waals surface area contributed by atoms with Gasteiger partial charge in [0.2, 0.25) is 0 Å². The van der Waals surface area contributed by atoms with Crippen LogP contribution in [0.25, 0.3) is 0 Å². The highest BCUT2D eigenvalue weighted by molar-refractivity contribution is 7.10. The zero-order valence-corrected chi connectivity index (χ0v) is 15.7. The normalized spacial score (nSPS) is 18.8. The van der Waals surface area contributed by atoms with Crippen LogP contribution in [0.1, 0.15) is 50.3 Å². The van der Waals surface area contributed by atoms with Gasteiger partial charge < -0.3 is 15.5 Å². The van der Waals surface area contributed by atoms with Gasteiger partial charge in [0.15, 0.2) is 5.96 Å². The van der Waals surface area contributed by atoms with Gasteiger partial charge in [-0.05, 0) is 37.3 Å². The molecule has 2 rings (SSSR count). The maximum Gasteiger partial charge on any atom is 0.191 e. The van der Waals surface area contributed by atoms with Crippen molar-refractivity contribution in [1.29, 1.82) is 0 Å². The molecule has 1 unspecified atom stereocenters. The first-order valence-corrected chi connectivity index (χ1v) is 9.83. The van der Waals surface area contributed by atoms with Gasteiger partial charge in [-0.1, -0.05) is 26.3 Å². The van der Waals surface area contributed by atoms with E-state index in [0.717, 1.165) is 12.5 Å². The van der Waals surface area contributed by atoms with E-state index in [9.17, 15) is 0 Å². The van der Waals surface area contributed by atoms with Crippen LogP contribution in [0.5, 0.6) is 0 Å². The Kier molecular flexibility index (Phi) is 7.89. The molecule has 2 heterocycles. The highest BCUT2D eigenvalue weighted by atomic mass is 32.1. The molecule has 0 amide bonds. The lowest BCUT2D eigenvalue weighted by Gasteiger charge is -2.33. The lowest BCUT2D eigenvalue weighted by Crippen LogP contribution is -2.49. The van der Waals surface area contributed by atoms with E-state index < -0.39 is 0 Å². The Hall–Kier alpha value is -1.07. The Morgan fingerprint density at radius 3 is 2.83 bits per heavy atom. The third-order valence-electron chi connectivity index (χ3n) is 4.58. The monoisotopic (exact) mass is 336 g/mol. The van der Waals surface area contributed by atoms with Crippen molar-refractivity contribution in [2.75, 3.05) is 33.2 Å². The van der Waals surface area contributed by atoms with Gasteiger partial charge in [0, 0.05) is 43.5 Å². The van der Waals surface area contributed by atoms with Crippen LogP contribution in [0.4, 0.5) is 0 Å². The molecule has 5 heteroatoms. The van der Waals surface area contributed by atoms with Gasteiger partial charge >= 0.3 is 0 Å². The number of unbranched alkanes of at least 4 members (excludes halogenated alkanes) is 1. The van der Waals surface area contributed by atoms with Crippen molar-refractivity contribution in [2.24, 2.45) is 4.99 Å². The smallest absolute Gasteiger partial charge is 0.191 e. The fourth-order valence-corrected chi connectivity index (χ4v) is 3.78. The molecule has 1 aliphatic heterocycles. The predicted octanol–water partition coefficient (Wildman–Crippen LogP) is 3.28. The third-order valence-corrected chi connectivity index (χ3v) is 5.69. The number of aliphatic imine (C=N–C) groups is 1. The minimum absolute atomic E-state index is 0.518. The van der Waals surface area contributed by atoms with E-state index in [1.165, 1.54) is 50.2 Å². The summed E-state index contributed by atoms with van der Waals surface area (Å²) in [6, 6.07) is 4.88. The van der Waals surface area contributed by atoms with Crippen LogP contribution in [0, 0.1) is 0 Å². The number of thiophene rings is 1. The summed E-state index contributed by atoms with van der Waals surface area (Å²) >= 11 is 1.83. The Labute approximate surface area is 145 Å². The number of hydrogen-bond acceptors (Lipinski definition) is 3. The first-order chi connectivity index (χ1) is 11.2. The van der Waals surface area contributed by atoms with Gasteiger partial charge in [0.05, 0.1) is 0 Å². The Morgan fingerprint density at radius 2 is 2.22 bits per heavy atom. The SMILES string of the molecule is CCCCN1CCC(NC(=NC)NCC(C)c2cccs2)CC1. The summed E-state index contributed by atoms with van der Waals surface area (Å²) in [5, 5.41) is 9.22. The van der Waals surface area contributed by atoms with E-state index in [1.807, 2.05) is 18.4 Å². The second kappa shape index (κ2) is 9.93. The summed E-state index contributed by atoms with van der Waals surface area (Å²) in [6.07, 6.45) is 5.04. The first-order valence-electron chi connectivity index (χ1n) is 8.95. The molecule has 1 fully saturated rings. The summed E-state index contributed by atoms with van der Waals surface area (Å²) in [5.74, 6) is 1.46. The van der Waals surface area contributed by atoms with Crippen LogP contribution in [0.2, 0.25) is 0 Å². The van der Waals surface area contributed by atoms with E-state index >= 15 is 0 Å². The van der Waals surface area contributed by atoms with E-state index in [2.05, 4.69) is 51.9 Å². The number of nitrogens with one attached hydrogen (secondary N) is 2. The zero-order chi connectivity index (χ0) is 16.5. The largest absolute Gasteiger partial charge is 0.356 e. The second-order valence-electron chi connectivity index (χ2n) is 6.48. The van der Waals surface area contributed by atoms with Gasteiger partial charge in [-0.2, -0.15) is 0 Å². The molecule has 0 bridgehead atoms. The molecule has 0 aromatic carbocycles. The molecule has 1 saturated heterocycles. The van der Waals surface area contributed by atoms with Crippen LogP contribution in [-0.4, -0.2) is 50.1 Å². The van der Waals surface area contributed by atoms with Crippen LogP contribution < -0.4 is 10.6 Å². The van der Waals surface area contributed by atoms with Crippen LogP contribution in [0.15, 0.2) is 22.5 Å². The molecule has 4 nitrogen and oxygen atoms in total. The summed E-state index contributed by atoms with van der Waals surface area (Å²) in [5.41, 5.74) is 0. The fourth-order valence-electron chi connectivity index (χ4n) is 2.99. The molecule has 1 atom stereocenters. The number of likely N-dealkylation sites (tertiary alicyclic amines) is 1. The lowest BCUT2D eigenvalue weighted by molar-refractivity contribution is 0.203. The average molecular weight is 337 g/mol. The summed E-state index contributed by atoms with van der Waals surface area (Å²) < 4.78 is 0. The molecule has 0 saturated carbocycles. The van der Waals surface area contributed by atoms with Crippen molar-refractivity contribution in [3.05, 3.63) is 22.4 Å². The number of piperidine rings is 1. The topological polar surface area (TPSA) is 39.7 Å². The quantitative estimate of drug-likeness (QED) is 0.593. The maximum atomic E-state index is 4.39. The van der Waals surface area contributed by atoms with E-state index in [-0.39, 0.29) is 0 Å². The van der Waals surface area contributed by atoms with Crippen molar-refractivity contribution in [3.63, 3.8) is 0 Å². The van der Waals surface area contributed by atoms with Crippen molar-refractivity contribution < 1.29 is 0 Å². The summed E-state index contributed by atoms with van der Waals surface area (Å²) in [4.78, 5) is 8.41. The number of rotatable bonds is 7. The molecular weight excluding hydrogens is 304 g/mol. The van der Waals surface area contributed by atoms with Gasteiger partial charge in [-0.15, -0.1) is 11.3 Å². The third kappa shape index (κ3) is 6.15. The number of hydrogen-bond donors (Lipinski definition) is 2. The lowest BCUT2D eigenvalue weighted by atomic mass is 10.0. The van der Waals surface area contributed by atoms with Crippen molar-refractivity contribution in [1.82, 2.24) is 15.5 Å². The standard InChI is InChI=1S/C18H32N4S/c1-4-5-10-22-11-8-16(9-12-22)21-18(19-3)20-14-15(2)17-7-6-13-23-17/h6-7,13,15-16H,4-5,8-12,14H2,1-3H3,(H2,19,20,21). The predicted molar refractivity (Wildman–Crippen MR) is 102 cm³/mol. The summed E-state index contributed by atoms with van der Waals surface area (Å²) in [7, 11) is 1.86. The van der Waals surface area contributed by atoms with Crippen molar-refractivity contribution in [3.8, 4) is 0 Å². The second-order valence-corrected chi connectivity index (χ2v) is 7.46. The van der Waals surface area contributed by atoms with E-state index in [1.54, 1.807) is 0 Å². The molecule has 1 aromatic rings. The number of nitrogens with zero attached hydrogens (tertiary/aromatic N) is 2. The Bertz CT molecular complexity index is 450. The molecule has 0 spiro atoms. The minimum Gasteiger partial charge on any atom is -0.356 e. The van der Waals surface area contributed by atoms with Crippen molar-refractivity contribution in [2.45, 2.75) is 51.5 Å². The van der Waals surface area contributed by atoms with Crippen LogP contribution in [-0.2, 0) is 0 Å². The molecular formula is C18H32N4S. The fraction of sp³-hybridized carbons (Fsp3) is 0.722. The molecule has 0 radical (unpaired) electrons. The van der Waals surface area contributed by atoms with E-state index in [4.69, 9.17) is 0 Å². The van der Waals surface area contributed by atoms with Crippen LogP contribution in [0.3, 0.4) is 0 Å². The highest BCUT2D eigenvalue weighted by Crippen LogP contribution is 2.19. The van der Waals surface area contributed by atoms with Gasteiger partial charge in [0.1, 0.15) is 0 Å².